The van der Waals surface area contributed by atoms with Crippen molar-refractivity contribution < 1.29 is 5.11 Å². The molecule has 1 atom stereocenters. The molecule has 19 heavy (non-hydrogen) atoms. The van der Waals surface area contributed by atoms with Crippen LogP contribution < -0.4 is 5.32 Å². The lowest BCUT2D eigenvalue weighted by atomic mass is 10.1. The lowest BCUT2D eigenvalue weighted by Gasteiger charge is -2.13. The van der Waals surface area contributed by atoms with E-state index in [1.165, 1.54) is 6.07 Å². The Hall–Kier alpha value is -1.65. The Morgan fingerprint density at radius 1 is 1.32 bits per heavy atom. The first kappa shape index (κ1) is 13.8. The summed E-state index contributed by atoms with van der Waals surface area (Å²) in [7, 11) is 0. The molecule has 5 heteroatoms. The van der Waals surface area contributed by atoms with E-state index in [0.29, 0.717) is 11.6 Å². The van der Waals surface area contributed by atoms with Crippen LogP contribution >= 0.6 is 11.6 Å². The molecule has 0 amide bonds. The maximum Gasteiger partial charge on any atom is 0.117 e. The molecule has 0 aliphatic carbocycles. The minimum atomic E-state index is 0.186. The van der Waals surface area contributed by atoms with Gasteiger partial charge in [-0.25, -0.2) is 0 Å². The monoisotopic (exact) mass is 277 g/mol. The average molecular weight is 278 g/mol. The average Bonchev–Trinajstić information content (AvgIpc) is 2.36. The summed E-state index contributed by atoms with van der Waals surface area (Å²) < 4.78 is 0. The number of hydrogen-bond acceptors (Lipinski definition) is 4. The van der Waals surface area contributed by atoms with Crippen LogP contribution in [0.5, 0.6) is 5.75 Å². The number of nitrogens with one attached hydrogen (secondary N) is 1. The minimum absolute atomic E-state index is 0.186. The summed E-state index contributed by atoms with van der Waals surface area (Å²) in [5.74, 6) is 0.186. The Kier molecular flexibility index (Phi) is 4.71. The molecule has 1 unspecified atom stereocenters. The normalized spacial score (nSPS) is 12.3. The Labute approximate surface area is 117 Å². The number of rotatable bonds is 5. The number of phenolic OH excluding ortho intramolecular Hbond substituents is 1. The molecule has 2 aromatic rings. The van der Waals surface area contributed by atoms with Gasteiger partial charge in [-0.2, -0.15) is 0 Å². The number of nitrogens with zero attached hydrogens (tertiary/aromatic N) is 2. The first-order chi connectivity index (χ1) is 9.13. The van der Waals surface area contributed by atoms with Gasteiger partial charge in [-0.15, -0.1) is 0 Å². The first-order valence-electron chi connectivity index (χ1n) is 6.10. The van der Waals surface area contributed by atoms with E-state index in [1.807, 2.05) is 6.07 Å². The fourth-order valence-corrected chi connectivity index (χ4v) is 2.10. The van der Waals surface area contributed by atoms with Crippen LogP contribution in [0.3, 0.4) is 0 Å². The van der Waals surface area contributed by atoms with Crippen molar-refractivity contribution in [1.29, 1.82) is 0 Å². The van der Waals surface area contributed by atoms with Crippen molar-refractivity contribution in [2.75, 3.05) is 0 Å². The predicted molar refractivity (Wildman–Crippen MR) is 75.2 cm³/mol. The third kappa shape index (κ3) is 4.50. The summed E-state index contributed by atoms with van der Waals surface area (Å²) in [6, 6.07) is 5.32. The Balaban J connectivity index is 1.88. The van der Waals surface area contributed by atoms with Crippen molar-refractivity contribution in [1.82, 2.24) is 15.3 Å². The maximum atomic E-state index is 9.46. The molecular formula is C14H16ClN3O. The van der Waals surface area contributed by atoms with Gasteiger partial charge in [0, 0.05) is 42.6 Å². The largest absolute Gasteiger partial charge is 0.508 e. The standard InChI is InChI=1S/C14H16ClN3O/c1-10(4-13-9-16-2-3-17-13)18-8-11-5-12(15)7-14(19)6-11/h2-3,5-7,9-10,18-19H,4,8H2,1H3. The van der Waals surface area contributed by atoms with E-state index in [2.05, 4.69) is 22.2 Å². The molecule has 0 spiro atoms. The van der Waals surface area contributed by atoms with Crippen LogP contribution in [0.15, 0.2) is 36.8 Å². The van der Waals surface area contributed by atoms with Crippen LogP contribution in [0.4, 0.5) is 0 Å². The van der Waals surface area contributed by atoms with Gasteiger partial charge in [-0.1, -0.05) is 11.6 Å². The molecule has 4 nitrogen and oxygen atoms in total. The molecule has 1 heterocycles. The van der Waals surface area contributed by atoms with Gasteiger partial charge in [0.05, 0.1) is 5.69 Å². The zero-order chi connectivity index (χ0) is 13.7. The van der Waals surface area contributed by atoms with Crippen molar-refractivity contribution in [2.45, 2.75) is 25.9 Å². The van der Waals surface area contributed by atoms with Crippen molar-refractivity contribution in [3.05, 3.63) is 53.1 Å². The SMILES string of the molecule is CC(Cc1cnccn1)NCc1cc(O)cc(Cl)c1. The Morgan fingerprint density at radius 2 is 2.16 bits per heavy atom. The van der Waals surface area contributed by atoms with Crippen molar-refractivity contribution >= 4 is 11.6 Å². The number of halogens is 1. The lowest BCUT2D eigenvalue weighted by Crippen LogP contribution is -2.27. The summed E-state index contributed by atoms with van der Waals surface area (Å²) in [6.07, 6.45) is 5.93. The van der Waals surface area contributed by atoms with Gasteiger partial charge < -0.3 is 10.4 Å². The zero-order valence-electron chi connectivity index (χ0n) is 10.7. The van der Waals surface area contributed by atoms with E-state index >= 15 is 0 Å². The summed E-state index contributed by atoms with van der Waals surface area (Å²) in [5.41, 5.74) is 1.91. The third-order valence-electron chi connectivity index (χ3n) is 2.73. The van der Waals surface area contributed by atoms with E-state index in [4.69, 9.17) is 11.6 Å². The van der Waals surface area contributed by atoms with Crippen molar-refractivity contribution in [3.8, 4) is 5.75 Å². The molecule has 2 rings (SSSR count). The van der Waals surface area contributed by atoms with Crippen molar-refractivity contribution in [3.63, 3.8) is 0 Å². The van der Waals surface area contributed by atoms with E-state index < -0.39 is 0 Å². The second-order valence-corrected chi connectivity index (χ2v) is 4.94. The van der Waals surface area contributed by atoms with Gasteiger partial charge in [-0.3, -0.25) is 9.97 Å². The fraction of sp³-hybridized carbons (Fsp3) is 0.286. The molecule has 0 bridgehead atoms. The lowest BCUT2D eigenvalue weighted by molar-refractivity contribution is 0.473. The maximum absolute atomic E-state index is 9.46. The van der Waals surface area contributed by atoms with Crippen LogP contribution in [-0.4, -0.2) is 21.1 Å². The van der Waals surface area contributed by atoms with E-state index in [0.717, 1.165) is 17.7 Å². The number of phenols is 1. The quantitative estimate of drug-likeness (QED) is 0.882. The predicted octanol–water partition coefficient (Wildman–Crippen LogP) is 2.56. The van der Waals surface area contributed by atoms with E-state index in [1.54, 1.807) is 24.7 Å². The molecular weight excluding hydrogens is 262 g/mol. The number of benzene rings is 1. The number of hydrogen-bond donors (Lipinski definition) is 2. The summed E-state index contributed by atoms with van der Waals surface area (Å²) >= 11 is 5.89. The highest BCUT2D eigenvalue weighted by molar-refractivity contribution is 6.30. The first-order valence-corrected chi connectivity index (χ1v) is 6.48. The van der Waals surface area contributed by atoms with Gasteiger partial charge in [0.15, 0.2) is 0 Å². The van der Waals surface area contributed by atoms with Gasteiger partial charge in [0.25, 0.3) is 0 Å². The molecule has 1 aromatic heterocycles. The molecule has 2 N–H and O–H groups in total. The smallest absolute Gasteiger partial charge is 0.117 e. The van der Waals surface area contributed by atoms with Crippen LogP contribution in [0.1, 0.15) is 18.2 Å². The van der Waals surface area contributed by atoms with Gasteiger partial charge in [0.2, 0.25) is 0 Å². The van der Waals surface area contributed by atoms with Crippen LogP contribution in [0.2, 0.25) is 5.02 Å². The van der Waals surface area contributed by atoms with Crippen molar-refractivity contribution in [2.24, 2.45) is 0 Å². The van der Waals surface area contributed by atoms with Crippen LogP contribution in [0.25, 0.3) is 0 Å². The molecule has 0 saturated heterocycles. The molecule has 100 valence electrons. The van der Waals surface area contributed by atoms with Crippen LogP contribution in [0, 0.1) is 0 Å². The van der Waals surface area contributed by atoms with Gasteiger partial charge >= 0.3 is 0 Å². The number of aromatic nitrogens is 2. The highest BCUT2D eigenvalue weighted by atomic mass is 35.5. The molecule has 0 saturated carbocycles. The second kappa shape index (κ2) is 6.50. The molecule has 0 fully saturated rings. The Bertz CT molecular complexity index is 513. The molecule has 1 aromatic carbocycles. The van der Waals surface area contributed by atoms with E-state index in [9.17, 15) is 5.11 Å². The number of aromatic hydroxyl groups is 1. The van der Waals surface area contributed by atoms with Crippen LogP contribution in [-0.2, 0) is 13.0 Å². The zero-order valence-corrected chi connectivity index (χ0v) is 11.4. The highest BCUT2D eigenvalue weighted by Crippen LogP contribution is 2.19. The second-order valence-electron chi connectivity index (χ2n) is 4.50. The van der Waals surface area contributed by atoms with E-state index in [-0.39, 0.29) is 11.8 Å². The fourth-order valence-electron chi connectivity index (χ4n) is 1.85. The minimum Gasteiger partial charge on any atom is -0.508 e. The molecule has 0 aliphatic rings. The summed E-state index contributed by atoms with van der Waals surface area (Å²) in [5, 5.41) is 13.4. The third-order valence-corrected chi connectivity index (χ3v) is 2.95. The topological polar surface area (TPSA) is 58.0 Å². The molecule has 0 aliphatic heterocycles. The van der Waals surface area contributed by atoms with Gasteiger partial charge in [0.1, 0.15) is 5.75 Å². The summed E-state index contributed by atoms with van der Waals surface area (Å²) in [6.45, 7) is 2.73. The molecule has 0 radical (unpaired) electrons. The van der Waals surface area contributed by atoms with Gasteiger partial charge in [-0.05, 0) is 30.7 Å². The summed E-state index contributed by atoms with van der Waals surface area (Å²) in [4.78, 5) is 8.28. The highest BCUT2D eigenvalue weighted by Gasteiger charge is 2.05. The Morgan fingerprint density at radius 3 is 2.84 bits per heavy atom.